The number of hydrogen-bond acceptors (Lipinski definition) is 5. The van der Waals surface area contributed by atoms with Gasteiger partial charge in [-0.25, -0.2) is 0 Å². The van der Waals surface area contributed by atoms with Crippen LogP contribution in [0.25, 0.3) is 0 Å². The zero-order chi connectivity index (χ0) is 16.4. The lowest BCUT2D eigenvalue weighted by molar-refractivity contribution is 0.0729. The molecule has 0 aromatic carbocycles. The monoisotopic (exact) mass is 346 g/mol. The standard InChI is InChI=1S/C18H22N2O3S/c21-18(16-2-1-6-22-16)19-8-17-15-3-5-20(10-14(15)11-23-17)9-13-4-7-24-12-13/h1-2,4,6-7,12,14-15,17H,3,5,8-11H2,(H,19,21)/t14-,15-,17+/m0/s1. The molecular weight excluding hydrogens is 324 g/mol. The summed E-state index contributed by atoms with van der Waals surface area (Å²) in [7, 11) is 0. The maximum atomic E-state index is 12.0. The van der Waals surface area contributed by atoms with Gasteiger partial charge in [0.2, 0.25) is 0 Å². The summed E-state index contributed by atoms with van der Waals surface area (Å²) in [6.45, 7) is 4.58. The van der Waals surface area contributed by atoms with Crippen LogP contribution in [0.1, 0.15) is 22.5 Å². The maximum Gasteiger partial charge on any atom is 0.287 e. The molecule has 0 saturated carbocycles. The van der Waals surface area contributed by atoms with Gasteiger partial charge in [-0.3, -0.25) is 9.69 Å². The summed E-state index contributed by atoms with van der Waals surface area (Å²) in [6, 6.07) is 5.60. The molecule has 3 atom stereocenters. The number of furan rings is 1. The fourth-order valence-corrected chi connectivity index (χ4v) is 4.50. The highest BCUT2D eigenvalue weighted by atomic mass is 32.1. The van der Waals surface area contributed by atoms with Gasteiger partial charge in [0.1, 0.15) is 0 Å². The molecule has 4 heterocycles. The third-order valence-electron chi connectivity index (χ3n) is 5.07. The first-order valence-electron chi connectivity index (χ1n) is 8.46. The number of thiophene rings is 1. The molecule has 0 unspecified atom stereocenters. The normalized spacial score (nSPS) is 27.1. The number of carbonyl (C=O) groups excluding carboxylic acids is 1. The second-order valence-corrected chi connectivity index (χ2v) is 7.42. The van der Waals surface area contributed by atoms with Crippen molar-refractivity contribution in [1.82, 2.24) is 10.2 Å². The topological polar surface area (TPSA) is 54.7 Å². The fraction of sp³-hybridized carbons (Fsp3) is 0.500. The van der Waals surface area contributed by atoms with Gasteiger partial charge in [-0.1, -0.05) is 0 Å². The number of amides is 1. The van der Waals surface area contributed by atoms with Gasteiger partial charge >= 0.3 is 0 Å². The van der Waals surface area contributed by atoms with E-state index < -0.39 is 0 Å². The van der Waals surface area contributed by atoms with E-state index in [-0.39, 0.29) is 12.0 Å². The molecule has 4 rings (SSSR count). The first kappa shape index (κ1) is 15.9. The Balaban J connectivity index is 1.28. The Morgan fingerprint density at radius 3 is 3.17 bits per heavy atom. The minimum absolute atomic E-state index is 0.122. The number of fused-ring (bicyclic) bond motifs is 1. The lowest BCUT2D eigenvalue weighted by atomic mass is 9.84. The highest BCUT2D eigenvalue weighted by molar-refractivity contribution is 7.07. The third kappa shape index (κ3) is 3.41. The summed E-state index contributed by atoms with van der Waals surface area (Å²) >= 11 is 1.76. The molecule has 2 aliphatic rings. The van der Waals surface area contributed by atoms with E-state index in [0.717, 1.165) is 32.7 Å². The average Bonchev–Trinajstić information content (AvgIpc) is 3.34. The SMILES string of the molecule is O=C(NC[C@H]1OC[C@@H]2CN(Cc3ccsc3)CC[C@@H]21)c1ccco1. The molecule has 0 bridgehead atoms. The van der Waals surface area contributed by atoms with Gasteiger partial charge in [0, 0.05) is 25.6 Å². The van der Waals surface area contributed by atoms with Crippen LogP contribution in [0.3, 0.4) is 0 Å². The molecule has 6 heteroatoms. The van der Waals surface area contributed by atoms with Crippen molar-refractivity contribution < 1.29 is 13.9 Å². The molecule has 2 saturated heterocycles. The molecule has 5 nitrogen and oxygen atoms in total. The molecule has 0 spiro atoms. The van der Waals surface area contributed by atoms with E-state index in [0.29, 0.717) is 24.1 Å². The van der Waals surface area contributed by atoms with Crippen LogP contribution in [-0.2, 0) is 11.3 Å². The molecule has 1 N–H and O–H groups in total. The van der Waals surface area contributed by atoms with Crippen LogP contribution in [0.15, 0.2) is 39.6 Å². The van der Waals surface area contributed by atoms with Crippen molar-refractivity contribution in [3.8, 4) is 0 Å². The van der Waals surface area contributed by atoms with E-state index >= 15 is 0 Å². The van der Waals surface area contributed by atoms with Crippen molar-refractivity contribution >= 4 is 17.2 Å². The van der Waals surface area contributed by atoms with Crippen LogP contribution in [-0.4, -0.2) is 43.2 Å². The number of ether oxygens (including phenoxy) is 1. The number of piperidine rings is 1. The van der Waals surface area contributed by atoms with E-state index in [1.54, 1.807) is 23.5 Å². The Hall–Kier alpha value is -1.63. The van der Waals surface area contributed by atoms with Gasteiger partial charge in [0.25, 0.3) is 5.91 Å². The smallest absolute Gasteiger partial charge is 0.287 e. The molecule has 1 amide bonds. The highest BCUT2D eigenvalue weighted by Gasteiger charge is 2.40. The minimum Gasteiger partial charge on any atom is -0.459 e. The van der Waals surface area contributed by atoms with Gasteiger partial charge in [0.15, 0.2) is 5.76 Å². The number of rotatable bonds is 5. The number of nitrogens with one attached hydrogen (secondary N) is 1. The van der Waals surface area contributed by atoms with Crippen LogP contribution >= 0.6 is 11.3 Å². The largest absolute Gasteiger partial charge is 0.459 e. The van der Waals surface area contributed by atoms with Gasteiger partial charge < -0.3 is 14.5 Å². The van der Waals surface area contributed by atoms with Crippen LogP contribution in [0, 0.1) is 11.8 Å². The van der Waals surface area contributed by atoms with Crippen molar-refractivity contribution in [2.45, 2.75) is 19.1 Å². The molecule has 0 aliphatic carbocycles. The van der Waals surface area contributed by atoms with Gasteiger partial charge in [-0.15, -0.1) is 0 Å². The predicted octanol–water partition coefficient (Wildman–Crippen LogP) is 2.61. The molecule has 2 aromatic heterocycles. The minimum atomic E-state index is -0.165. The average molecular weight is 346 g/mol. The van der Waals surface area contributed by atoms with E-state index in [4.69, 9.17) is 9.15 Å². The van der Waals surface area contributed by atoms with Gasteiger partial charge in [-0.05, 0) is 53.4 Å². The zero-order valence-electron chi connectivity index (χ0n) is 13.5. The molecule has 2 aromatic rings. The quantitative estimate of drug-likeness (QED) is 0.904. The Bertz CT molecular complexity index is 656. The summed E-state index contributed by atoms with van der Waals surface area (Å²) < 4.78 is 11.1. The number of nitrogens with zero attached hydrogens (tertiary/aromatic N) is 1. The van der Waals surface area contributed by atoms with Crippen molar-refractivity contribution in [3.63, 3.8) is 0 Å². The van der Waals surface area contributed by atoms with Crippen LogP contribution in [0.2, 0.25) is 0 Å². The zero-order valence-corrected chi connectivity index (χ0v) is 14.3. The van der Waals surface area contributed by atoms with E-state index in [1.165, 1.54) is 11.8 Å². The lowest BCUT2D eigenvalue weighted by Crippen LogP contribution is -2.43. The maximum absolute atomic E-state index is 12.0. The first-order valence-corrected chi connectivity index (χ1v) is 9.40. The molecule has 2 fully saturated rings. The van der Waals surface area contributed by atoms with Crippen LogP contribution in [0.4, 0.5) is 0 Å². The lowest BCUT2D eigenvalue weighted by Gasteiger charge is -2.35. The summed E-state index contributed by atoms with van der Waals surface area (Å²) in [4.78, 5) is 14.5. The Kier molecular flexibility index (Phi) is 4.69. The van der Waals surface area contributed by atoms with E-state index in [9.17, 15) is 4.79 Å². The number of carbonyl (C=O) groups is 1. The molecule has 128 valence electrons. The molecule has 0 radical (unpaired) electrons. The molecular formula is C18H22N2O3S. The van der Waals surface area contributed by atoms with Crippen molar-refractivity contribution in [2.24, 2.45) is 11.8 Å². The Morgan fingerprint density at radius 2 is 2.38 bits per heavy atom. The summed E-state index contributed by atoms with van der Waals surface area (Å²) in [5.41, 5.74) is 1.40. The fourth-order valence-electron chi connectivity index (χ4n) is 3.85. The Labute approximate surface area is 145 Å². The van der Waals surface area contributed by atoms with E-state index in [2.05, 4.69) is 27.0 Å². The van der Waals surface area contributed by atoms with Crippen LogP contribution < -0.4 is 5.32 Å². The first-order chi connectivity index (χ1) is 11.8. The van der Waals surface area contributed by atoms with Crippen molar-refractivity contribution in [2.75, 3.05) is 26.2 Å². The molecule has 24 heavy (non-hydrogen) atoms. The Morgan fingerprint density at radius 1 is 1.42 bits per heavy atom. The highest BCUT2D eigenvalue weighted by Crippen LogP contribution is 2.34. The number of likely N-dealkylation sites (tertiary alicyclic amines) is 1. The van der Waals surface area contributed by atoms with Crippen molar-refractivity contribution in [3.05, 3.63) is 46.5 Å². The number of hydrogen-bond donors (Lipinski definition) is 1. The summed E-state index contributed by atoms with van der Waals surface area (Å²) in [6.07, 6.45) is 2.77. The van der Waals surface area contributed by atoms with E-state index in [1.807, 2.05) is 0 Å². The predicted molar refractivity (Wildman–Crippen MR) is 92.0 cm³/mol. The second kappa shape index (κ2) is 7.09. The van der Waals surface area contributed by atoms with Crippen LogP contribution in [0.5, 0.6) is 0 Å². The van der Waals surface area contributed by atoms with Gasteiger partial charge in [-0.2, -0.15) is 11.3 Å². The van der Waals surface area contributed by atoms with Gasteiger partial charge in [0.05, 0.1) is 19.0 Å². The second-order valence-electron chi connectivity index (χ2n) is 6.64. The molecule has 2 aliphatic heterocycles. The summed E-state index contributed by atoms with van der Waals surface area (Å²) in [5, 5.41) is 7.30. The third-order valence-corrected chi connectivity index (χ3v) is 5.81. The van der Waals surface area contributed by atoms with Crippen molar-refractivity contribution in [1.29, 1.82) is 0 Å². The summed E-state index contributed by atoms with van der Waals surface area (Å²) in [5.74, 6) is 1.31.